The highest BCUT2D eigenvalue weighted by Crippen LogP contribution is 2.40. The van der Waals surface area contributed by atoms with E-state index in [1.807, 2.05) is 0 Å². The van der Waals surface area contributed by atoms with Gasteiger partial charge in [-0.3, -0.25) is 9.69 Å². The standard InChI is InChI=1S/C20H13F6N5OS3/c21-19(22,23)12-4-10(5-13(7-12)20(24,25)26)11-6-14(34-9-11)8-15-17(32)31(18(33)35-15)3-1-2-16-27-29-30-28-16/h4-9H,1-3H2,(H,27,28,29,30)/b15-8-. The zero-order chi connectivity index (χ0) is 25.4. The fourth-order valence-corrected chi connectivity index (χ4v) is 5.43. The molecular weight excluding hydrogens is 536 g/mol. The summed E-state index contributed by atoms with van der Waals surface area (Å²) in [5, 5.41) is 14.9. The minimum Gasteiger partial charge on any atom is -0.293 e. The topological polar surface area (TPSA) is 74.8 Å². The van der Waals surface area contributed by atoms with Crippen molar-refractivity contribution in [3.8, 4) is 11.1 Å². The third kappa shape index (κ3) is 5.90. The van der Waals surface area contributed by atoms with Gasteiger partial charge >= 0.3 is 12.4 Å². The minimum atomic E-state index is -4.94. The Labute approximate surface area is 207 Å². The molecule has 184 valence electrons. The number of halogens is 6. The lowest BCUT2D eigenvalue weighted by atomic mass is 10.0. The number of amides is 1. The number of H-pyrrole nitrogens is 1. The largest absolute Gasteiger partial charge is 0.416 e. The first-order valence-electron chi connectivity index (χ1n) is 9.78. The Morgan fingerprint density at radius 2 is 1.71 bits per heavy atom. The van der Waals surface area contributed by atoms with Crippen molar-refractivity contribution < 1.29 is 31.1 Å². The Morgan fingerprint density at radius 1 is 1.03 bits per heavy atom. The van der Waals surface area contributed by atoms with E-state index in [1.165, 1.54) is 22.4 Å². The Hall–Kier alpha value is -2.78. The van der Waals surface area contributed by atoms with Crippen LogP contribution >= 0.6 is 35.3 Å². The minimum absolute atomic E-state index is 0.0841. The molecule has 4 rings (SSSR count). The quantitative estimate of drug-likeness (QED) is 0.238. The highest BCUT2D eigenvalue weighted by Gasteiger charge is 2.37. The van der Waals surface area contributed by atoms with E-state index >= 15 is 0 Å². The van der Waals surface area contributed by atoms with Gasteiger partial charge in [-0.25, -0.2) is 0 Å². The lowest BCUT2D eigenvalue weighted by molar-refractivity contribution is -0.143. The SMILES string of the molecule is O=C1/C(=C/c2cc(-c3cc(C(F)(F)F)cc(C(F)(F)F)c3)cs2)SC(=S)N1CCCc1nn[nH]n1. The number of aryl methyl sites for hydroxylation is 1. The summed E-state index contributed by atoms with van der Waals surface area (Å²) < 4.78 is 79.4. The second-order valence-corrected chi connectivity index (χ2v) is 9.92. The van der Waals surface area contributed by atoms with Gasteiger partial charge in [0.1, 0.15) is 4.32 Å². The molecule has 1 aliphatic heterocycles. The molecule has 1 aliphatic rings. The predicted octanol–water partition coefficient (Wildman–Crippen LogP) is 5.80. The van der Waals surface area contributed by atoms with E-state index in [-0.39, 0.29) is 23.1 Å². The van der Waals surface area contributed by atoms with Gasteiger partial charge in [-0.1, -0.05) is 29.2 Å². The molecule has 6 nitrogen and oxygen atoms in total. The molecule has 1 fully saturated rings. The maximum absolute atomic E-state index is 13.2. The number of tetrazole rings is 1. The average molecular weight is 550 g/mol. The molecule has 0 radical (unpaired) electrons. The third-order valence-electron chi connectivity index (χ3n) is 4.86. The molecule has 15 heteroatoms. The number of hydrogen-bond acceptors (Lipinski definition) is 7. The molecule has 35 heavy (non-hydrogen) atoms. The van der Waals surface area contributed by atoms with Gasteiger partial charge in [-0.15, -0.1) is 21.5 Å². The first-order valence-corrected chi connectivity index (χ1v) is 11.9. The normalized spacial score (nSPS) is 16.1. The molecule has 3 heterocycles. The highest BCUT2D eigenvalue weighted by molar-refractivity contribution is 8.26. The summed E-state index contributed by atoms with van der Waals surface area (Å²) >= 11 is 7.43. The molecule has 3 aromatic rings. The van der Waals surface area contributed by atoms with E-state index in [9.17, 15) is 31.1 Å². The van der Waals surface area contributed by atoms with Gasteiger partial charge in [0.05, 0.1) is 16.0 Å². The number of alkyl halides is 6. The molecule has 0 aliphatic carbocycles. The van der Waals surface area contributed by atoms with Gasteiger partial charge in [0.25, 0.3) is 5.91 Å². The monoisotopic (exact) mass is 549 g/mol. The van der Waals surface area contributed by atoms with Gasteiger partial charge in [0.15, 0.2) is 5.82 Å². The summed E-state index contributed by atoms with van der Waals surface area (Å²) in [7, 11) is 0. The van der Waals surface area contributed by atoms with Crippen molar-refractivity contribution in [1.82, 2.24) is 25.5 Å². The number of aromatic nitrogens is 4. The fraction of sp³-hybridized carbons (Fsp3) is 0.250. The number of thioether (sulfide) groups is 1. The molecule has 0 spiro atoms. The molecule has 1 saturated heterocycles. The molecule has 2 aromatic heterocycles. The highest BCUT2D eigenvalue weighted by atomic mass is 32.2. The Morgan fingerprint density at radius 3 is 2.31 bits per heavy atom. The zero-order valence-corrected chi connectivity index (χ0v) is 19.7. The predicted molar refractivity (Wildman–Crippen MR) is 122 cm³/mol. The van der Waals surface area contributed by atoms with Crippen LogP contribution in [-0.4, -0.2) is 42.3 Å². The first-order chi connectivity index (χ1) is 16.4. The molecule has 0 atom stereocenters. The summed E-state index contributed by atoms with van der Waals surface area (Å²) in [5.41, 5.74) is -2.83. The van der Waals surface area contributed by atoms with Crippen LogP contribution in [-0.2, 0) is 23.6 Å². The number of hydrogen-bond donors (Lipinski definition) is 1. The van der Waals surface area contributed by atoms with E-state index in [2.05, 4.69) is 20.6 Å². The van der Waals surface area contributed by atoms with Gasteiger partial charge in [0, 0.05) is 17.8 Å². The van der Waals surface area contributed by atoms with Gasteiger partial charge < -0.3 is 0 Å². The first kappa shape index (κ1) is 25.3. The van der Waals surface area contributed by atoms with Gasteiger partial charge in [0.2, 0.25) is 0 Å². The number of carbonyl (C=O) groups excluding carboxylic acids is 1. The van der Waals surface area contributed by atoms with Gasteiger partial charge in [-0.05, 0) is 53.3 Å². The van der Waals surface area contributed by atoms with Crippen LogP contribution in [0.4, 0.5) is 26.3 Å². The zero-order valence-electron chi connectivity index (χ0n) is 17.3. The molecule has 0 bridgehead atoms. The van der Waals surface area contributed by atoms with Crippen molar-refractivity contribution in [2.75, 3.05) is 6.54 Å². The van der Waals surface area contributed by atoms with E-state index < -0.39 is 23.5 Å². The number of benzene rings is 1. The van der Waals surface area contributed by atoms with Crippen molar-refractivity contribution >= 4 is 51.6 Å². The van der Waals surface area contributed by atoms with Crippen molar-refractivity contribution in [2.24, 2.45) is 0 Å². The maximum atomic E-state index is 13.2. The summed E-state index contributed by atoms with van der Waals surface area (Å²) in [6, 6.07) is 2.86. The average Bonchev–Trinajstić information content (AvgIpc) is 3.51. The molecule has 1 N–H and O–H groups in total. The Balaban J connectivity index is 1.53. The van der Waals surface area contributed by atoms with Crippen LogP contribution in [0.3, 0.4) is 0 Å². The summed E-state index contributed by atoms with van der Waals surface area (Å²) in [5.74, 6) is 0.168. The maximum Gasteiger partial charge on any atom is 0.416 e. The number of thiocarbonyl (C=S) groups is 1. The van der Waals surface area contributed by atoms with Crippen molar-refractivity contribution in [3.05, 3.63) is 56.4 Å². The van der Waals surface area contributed by atoms with Crippen LogP contribution in [0, 0.1) is 0 Å². The van der Waals surface area contributed by atoms with Crippen molar-refractivity contribution in [3.63, 3.8) is 0 Å². The Bertz CT molecular complexity index is 1250. The number of rotatable bonds is 6. The second kappa shape index (κ2) is 9.70. The number of nitrogens with one attached hydrogen (secondary N) is 1. The number of aromatic amines is 1. The van der Waals surface area contributed by atoms with Crippen LogP contribution in [0.2, 0.25) is 0 Å². The lowest BCUT2D eigenvalue weighted by Crippen LogP contribution is -2.29. The van der Waals surface area contributed by atoms with Gasteiger partial charge in [-0.2, -0.15) is 31.6 Å². The second-order valence-electron chi connectivity index (χ2n) is 7.30. The van der Waals surface area contributed by atoms with Crippen molar-refractivity contribution in [2.45, 2.75) is 25.2 Å². The number of thiophene rings is 1. The number of nitrogens with zero attached hydrogens (tertiary/aromatic N) is 4. The van der Waals surface area contributed by atoms with E-state index in [0.717, 1.165) is 23.1 Å². The summed E-state index contributed by atoms with van der Waals surface area (Å²) in [4.78, 5) is 15.0. The van der Waals surface area contributed by atoms with Crippen LogP contribution in [0.25, 0.3) is 17.2 Å². The fourth-order valence-electron chi connectivity index (χ4n) is 3.21. The molecule has 1 amide bonds. The van der Waals surface area contributed by atoms with E-state index in [1.54, 1.807) is 0 Å². The third-order valence-corrected chi connectivity index (χ3v) is 7.12. The molecule has 0 saturated carbocycles. The molecular formula is C20H13F6N5OS3. The lowest BCUT2D eigenvalue weighted by Gasteiger charge is -2.13. The summed E-state index contributed by atoms with van der Waals surface area (Å²) in [6.07, 6.45) is -7.33. The van der Waals surface area contributed by atoms with Crippen LogP contribution in [0.1, 0.15) is 28.2 Å². The van der Waals surface area contributed by atoms with Crippen LogP contribution in [0.15, 0.2) is 34.6 Å². The number of carbonyl (C=O) groups is 1. The molecule has 1 aromatic carbocycles. The van der Waals surface area contributed by atoms with Crippen LogP contribution in [0.5, 0.6) is 0 Å². The Kier molecular flexibility index (Phi) is 7.02. The van der Waals surface area contributed by atoms with E-state index in [0.29, 0.717) is 51.4 Å². The van der Waals surface area contributed by atoms with Crippen LogP contribution < -0.4 is 0 Å². The van der Waals surface area contributed by atoms with Crippen molar-refractivity contribution in [1.29, 1.82) is 0 Å². The smallest absolute Gasteiger partial charge is 0.293 e. The molecule has 0 unspecified atom stereocenters. The summed E-state index contributed by atoms with van der Waals surface area (Å²) in [6.45, 7) is 0.330. The van der Waals surface area contributed by atoms with E-state index in [4.69, 9.17) is 12.2 Å².